The van der Waals surface area contributed by atoms with Crippen molar-refractivity contribution < 1.29 is 32.6 Å². The molecule has 1 aliphatic heterocycles. The number of benzene rings is 12. The molecular weight excluding hydrogens is 1240 g/mol. The van der Waals surface area contributed by atoms with Crippen molar-refractivity contribution in [2.24, 2.45) is 0 Å². The van der Waals surface area contributed by atoms with Crippen LogP contribution in [-0.2, 0) is 9.31 Å². The molecule has 0 unspecified atom stereocenters. The minimum absolute atomic E-state index is 0.376. The van der Waals surface area contributed by atoms with E-state index in [1.807, 2.05) is 91.0 Å². The Bertz CT molecular complexity index is 4930. The van der Waals surface area contributed by atoms with Gasteiger partial charge >= 0.3 is 14.2 Å². The summed E-state index contributed by atoms with van der Waals surface area (Å²) in [5.74, 6) is 0. The van der Waals surface area contributed by atoms with Gasteiger partial charge in [-0.3, -0.25) is 0 Å². The van der Waals surface area contributed by atoms with Crippen LogP contribution in [0.25, 0.3) is 120 Å². The number of halogens is 3. The first-order valence-corrected chi connectivity index (χ1v) is 30.1. The van der Waals surface area contributed by atoms with Gasteiger partial charge in [-0.15, -0.1) is 0 Å². The van der Waals surface area contributed by atoms with Crippen LogP contribution in [0.15, 0.2) is 263 Å². The van der Waals surface area contributed by atoms with Gasteiger partial charge in [0.15, 0.2) is 0 Å². The van der Waals surface area contributed by atoms with Crippen molar-refractivity contribution in [3.05, 3.63) is 250 Å². The van der Waals surface area contributed by atoms with E-state index in [-0.39, 0.29) is 11.2 Å². The largest absolute Gasteiger partial charge is 0.495 e. The third-order valence-electron chi connectivity index (χ3n) is 16.3. The highest BCUT2D eigenvalue weighted by atomic mass is 79.9. The van der Waals surface area contributed by atoms with Gasteiger partial charge in [0.2, 0.25) is 0 Å². The number of fused-ring (bicyclic) bond motifs is 12. The lowest BCUT2D eigenvalue weighted by molar-refractivity contribution is 0.00578. The maximum Gasteiger partial charge on any atom is 0.495 e. The highest BCUT2D eigenvalue weighted by molar-refractivity contribution is 9.11. The van der Waals surface area contributed by atoms with E-state index >= 15 is 0 Å². The lowest BCUT2D eigenvalue weighted by Gasteiger charge is -2.32. The van der Waals surface area contributed by atoms with E-state index in [1.165, 1.54) is 54.6 Å². The van der Waals surface area contributed by atoms with Crippen LogP contribution in [0.4, 0.5) is 0 Å². The van der Waals surface area contributed by atoms with Gasteiger partial charge in [-0.25, -0.2) is 0 Å². The second-order valence-electron chi connectivity index (χ2n) is 21.8. The van der Waals surface area contributed by atoms with Crippen molar-refractivity contribution in [1.82, 2.24) is 0 Å². The van der Waals surface area contributed by atoms with Crippen molar-refractivity contribution in [3.63, 3.8) is 0 Å². The van der Waals surface area contributed by atoms with Gasteiger partial charge in [0, 0.05) is 45.7 Å². The average molecular weight is 1290 g/mol. The molecule has 0 spiro atoms. The normalized spacial score (nSPS) is 13.6. The van der Waals surface area contributed by atoms with Crippen LogP contribution < -0.4 is 10.9 Å². The lowest BCUT2D eigenvalue weighted by Crippen LogP contribution is -2.41. The van der Waals surface area contributed by atoms with E-state index in [0.29, 0.717) is 11.0 Å². The predicted molar refractivity (Wildman–Crippen MR) is 360 cm³/mol. The fourth-order valence-electron chi connectivity index (χ4n) is 11.5. The van der Waals surface area contributed by atoms with Crippen LogP contribution in [0, 0.1) is 0 Å². The topological polar surface area (TPSA) is 98.3 Å². The standard InChI is InChI=1S/C28H25BO3.C22H13BrO.C12H9BO3.C10H6Br2/c1-27(2)28(3,4)32-29(31-27)23-17-16-19(18-10-5-6-11-20(18)23)21-13-9-15-25-26(21)22-12-7-8-14-24(22)30-25;23-19-13-12-15(14-6-1-2-7-16(14)19)17-9-5-11-21-22(17)18-8-3-4-10-20(18)24-21;14-13(15)9-5-3-7-11-12(9)8-4-1-2-6-10(8)16-11;11-9-5-6-10(12)8-4-2-1-3-7(8)9/h5-17H,1-4H3;1-13H;1-7,14-15H;1-6H. The first kappa shape index (κ1) is 55.4. The van der Waals surface area contributed by atoms with Crippen LogP contribution in [0.1, 0.15) is 27.7 Å². The van der Waals surface area contributed by atoms with Gasteiger partial charge < -0.3 is 32.6 Å². The Hall–Kier alpha value is -7.77. The van der Waals surface area contributed by atoms with Gasteiger partial charge in [-0.1, -0.05) is 230 Å². The Labute approximate surface area is 511 Å². The third kappa shape index (κ3) is 10.1. The molecule has 0 saturated carbocycles. The zero-order chi connectivity index (χ0) is 57.9. The van der Waals surface area contributed by atoms with E-state index in [2.05, 4.69) is 209 Å². The summed E-state index contributed by atoms with van der Waals surface area (Å²) in [5, 5.41) is 32.2. The molecule has 16 rings (SSSR count). The first-order valence-electron chi connectivity index (χ1n) is 27.7. The molecule has 4 heterocycles. The molecule has 1 aliphatic rings. The van der Waals surface area contributed by atoms with Crippen LogP contribution in [0.3, 0.4) is 0 Å². The molecule has 410 valence electrons. The van der Waals surface area contributed by atoms with Gasteiger partial charge in [0.05, 0.1) is 11.2 Å². The highest BCUT2D eigenvalue weighted by Gasteiger charge is 2.52. The second kappa shape index (κ2) is 22.7. The van der Waals surface area contributed by atoms with Crippen molar-refractivity contribution in [1.29, 1.82) is 0 Å². The lowest BCUT2D eigenvalue weighted by atomic mass is 9.75. The average Bonchev–Trinajstić information content (AvgIpc) is 2.27. The van der Waals surface area contributed by atoms with Crippen LogP contribution in [-0.4, -0.2) is 35.5 Å². The Kier molecular flexibility index (Phi) is 15.0. The number of hydrogen-bond donors (Lipinski definition) is 2. The molecule has 12 heteroatoms. The number of para-hydroxylation sites is 3. The van der Waals surface area contributed by atoms with Crippen LogP contribution in [0.5, 0.6) is 0 Å². The zero-order valence-electron chi connectivity index (χ0n) is 46.2. The van der Waals surface area contributed by atoms with Crippen molar-refractivity contribution in [3.8, 4) is 22.3 Å². The highest BCUT2D eigenvalue weighted by Crippen LogP contribution is 2.43. The fraction of sp³-hybridized carbons (Fsp3) is 0.0833. The molecule has 1 fully saturated rings. The monoisotopic (exact) mass is 1290 g/mol. The quantitative estimate of drug-likeness (QED) is 0.169. The van der Waals surface area contributed by atoms with Gasteiger partial charge in [-0.05, 0) is 148 Å². The molecular formula is C72H53B2Br3O7. The minimum Gasteiger partial charge on any atom is -0.456 e. The molecule has 0 amide bonds. The Balaban J connectivity index is 0.000000111. The summed E-state index contributed by atoms with van der Waals surface area (Å²) in [6.07, 6.45) is 0. The van der Waals surface area contributed by atoms with Gasteiger partial charge in [0.25, 0.3) is 0 Å². The molecule has 84 heavy (non-hydrogen) atoms. The Morgan fingerprint density at radius 3 is 1.08 bits per heavy atom. The number of furan rings is 3. The van der Waals surface area contributed by atoms with Crippen molar-refractivity contribution in [2.75, 3.05) is 0 Å². The van der Waals surface area contributed by atoms with E-state index in [9.17, 15) is 10.0 Å². The van der Waals surface area contributed by atoms with E-state index in [4.69, 9.17) is 22.6 Å². The molecule has 12 aromatic carbocycles. The van der Waals surface area contributed by atoms with E-state index in [1.54, 1.807) is 12.1 Å². The SMILES string of the molecule is Brc1ccc(-c2cccc3oc4ccccc4c23)c2ccccc12.Brc1ccc(Br)c2ccccc12.CC1(C)OB(c2ccc(-c3cccc4oc5ccccc5c34)c3ccccc23)OC1(C)C.OB(O)c1cccc2oc3ccccc3c12. The second-order valence-corrected chi connectivity index (χ2v) is 24.4. The summed E-state index contributed by atoms with van der Waals surface area (Å²) in [5.41, 5.74) is 10.7. The zero-order valence-corrected chi connectivity index (χ0v) is 51.0. The molecule has 0 aliphatic carbocycles. The molecule has 0 atom stereocenters. The summed E-state index contributed by atoms with van der Waals surface area (Å²) in [6, 6.07) is 79.9. The van der Waals surface area contributed by atoms with Crippen LogP contribution in [0.2, 0.25) is 0 Å². The summed E-state index contributed by atoms with van der Waals surface area (Å²) >= 11 is 10.7. The molecule has 0 bridgehead atoms. The molecule has 0 radical (unpaired) electrons. The Morgan fingerprint density at radius 1 is 0.310 bits per heavy atom. The van der Waals surface area contributed by atoms with Crippen molar-refractivity contribution in [2.45, 2.75) is 38.9 Å². The molecule has 7 nitrogen and oxygen atoms in total. The van der Waals surface area contributed by atoms with Crippen LogP contribution >= 0.6 is 47.8 Å². The molecule has 2 N–H and O–H groups in total. The first-order chi connectivity index (χ1) is 40.7. The van der Waals surface area contributed by atoms with E-state index in [0.717, 1.165) is 79.1 Å². The smallest absolute Gasteiger partial charge is 0.456 e. The predicted octanol–water partition coefficient (Wildman–Crippen LogP) is 19.5. The minimum atomic E-state index is -1.48. The fourth-order valence-corrected chi connectivity index (χ4v) is 12.9. The third-order valence-corrected chi connectivity index (χ3v) is 18.3. The maximum atomic E-state index is 9.31. The summed E-state index contributed by atoms with van der Waals surface area (Å²) < 4.78 is 34.0. The molecule has 1 saturated heterocycles. The van der Waals surface area contributed by atoms with Crippen molar-refractivity contribution >= 4 is 171 Å². The number of rotatable bonds is 4. The summed E-state index contributed by atoms with van der Waals surface area (Å²) in [4.78, 5) is 0. The molecule has 15 aromatic rings. The van der Waals surface area contributed by atoms with E-state index < -0.39 is 14.2 Å². The number of hydrogen-bond acceptors (Lipinski definition) is 7. The maximum absolute atomic E-state index is 9.31. The summed E-state index contributed by atoms with van der Waals surface area (Å²) in [6.45, 7) is 8.37. The summed E-state index contributed by atoms with van der Waals surface area (Å²) in [7, 11) is -1.88. The van der Waals surface area contributed by atoms with Gasteiger partial charge in [0.1, 0.15) is 33.5 Å². The molecule has 3 aromatic heterocycles. The van der Waals surface area contributed by atoms with Gasteiger partial charge in [-0.2, -0.15) is 0 Å². The Morgan fingerprint density at radius 2 is 0.631 bits per heavy atom.